The molecule has 3 heteroatoms. The maximum Gasteiger partial charge on any atom is 0.253 e. The van der Waals surface area contributed by atoms with Crippen LogP contribution in [0, 0.1) is 11.3 Å². The van der Waals surface area contributed by atoms with Gasteiger partial charge in [0.25, 0.3) is 5.91 Å². The summed E-state index contributed by atoms with van der Waals surface area (Å²) in [6, 6.07) is 16.3. The smallest absolute Gasteiger partial charge is 0.253 e. The molecule has 3 rings (SSSR count). The molecule has 30 heavy (non-hydrogen) atoms. The molecule has 1 saturated heterocycles. The fourth-order valence-corrected chi connectivity index (χ4v) is 4.54. The lowest BCUT2D eigenvalue weighted by atomic mass is 9.88. The molecule has 1 aliphatic heterocycles. The van der Waals surface area contributed by atoms with Crippen LogP contribution in [0.4, 0.5) is 0 Å². The van der Waals surface area contributed by atoms with Gasteiger partial charge in [0.15, 0.2) is 0 Å². The van der Waals surface area contributed by atoms with Gasteiger partial charge in [-0.15, -0.1) is 0 Å². The molecule has 3 nitrogen and oxygen atoms in total. The molecule has 1 amide bonds. The fraction of sp³-hybridized carbons (Fsp3) is 0.407. The van der Waals surface area contributed by atoms with Crippen molar-refractivity contribution in [1.29, 1.82) is 5.26 Å². The molecule has 0 spiro atoms. The molecule has 0 unspecified atom stereocenters. The Hall–Kier alpha value is -2.86. The molecule has 0 bridgehead atoms. The Morgan fingerprint density at radius 1 is 1.07 bits per heavy atom. The molecule has 2 aromatic rings. The van der Waals surface area contributed by atoms with Crippen LogP contribution < -0.4 is 0 Å². The van der Waals surface area contributed by atoms with E-state index < -0.39 is 0 Å². The van der Waals surface area contributed by atoms with Crippen molar-refractivity contribution >= 4 is 11.5 Å². The standard InChI is InChI=1S/C27H32N2O/c1-5-21-11-12-24(17-26(21)25(6-2)19(3)4)27(30)29-15-13-23(14-16-29)22-9-7-20(18-28)8-10-22/h7-12,17,23H,5-6,13-16H2,1-4H3. The summed E-state index contributed by atoms with van der Waals surface area (Å²) < 4.78 is 0. The first-order chi connectivity index (χ1) is 14.5. The maximum absolute atomic E-state index is 13.2. The highest BCUT2D eigenvalue weighted by atomic mass is 16.2. The van der Waals surface area contributed by atoms with Gasteiger partial charge in [-0.2, -0.15) is 5.26 Å². The SMILES string of the molecule is CCC(=C(C)C)c1cc(C(=O)N2CCC(c3ccc(C#N)cc3)CC2)ccc1CC. The third-order valence-electron chi connectivity index (χ3n) is 6.31. The van der Waals surface area contributed by atoms with E-state index in [-0.39, 0.29) is 5.91 Å². The molecule has 0 atom stereocenters. The number of amides is 1. The van der Waals surface area contributed by atoms with Crippen LogP contribution in [0.1, 0.15) is 85.5 Å². The number of piperidine rings is 1. The number of nitriles is 1. The topological polar surface area (TPSA) is 44.1 Å². The van der Waals surface area contributed by atoms with Gasteiger partial charge < -0.3 is 4.90 Å². The zero-order valence-corrected chi connectivity index (χ0v) is 18.7. The second kappa shape index (κ2) is 9.76. The van der Waals surface area contributed by atoms with Crippen LogP contribution >= 0.6 is 0 Å². The summed E-state index contributed by atoms with van der Waals surface area (Å²) in [6.07, 6.45) is 3.87. The minimum atomic E-state index is 0.140. The molecule has 0 N–H and O–H groups in total. The van der Waals surface area contributed by atoms with Crippen molar-refractivity contribution in [1.82, 2.24) is 4.90 Å². The first-order valence-corrected chi connectivity index (χ1v) is 11.1. The molecule has 0 radical (unpaired) electrons. The number of hydrogen-bond acceptors (Lipinski definition) is 2. The van der Waals surface area contributed by atoms with E-state index >= 15 is 0 Å². The highest BCUT2D eigenvalue weighted by Crippen LogP contribution is 2.31. The molecular formula is C27H32N2O. The first-order valence-electron chi connectivity index (χ1n) is 11.1. The van der Waals surface area contributed by atoms with E-state index in [0.29, 0.717) is 11.5 Å². The summed E-state index contributed by atoms with van der Waals surface area (Å²) in [7, 11) is 0. The largest absolute Gasteiger partial charge is 0.339 e. The van der Waals surface area contributed by atoms with E-state index in [1.807, 2.05) is 23.1 Å². The predicted octanol–water partition coefficient (Wildman–Crippen LogP) is 6.34. The van der Waals surface area contributed by atoms with Crippen LogP contribution in [0.15, 0.2) is 48.0 Å². The zero-order chi connectivity index (χ0) is 21.7. The third kappa shape index (κ3) is 4.65. The number of nitrogens with zero attached hydrogens (tertiary/aromatic N) is 2. The van der Waals surface area contributed by atoms with Crippen molar-refractivity contribution in [3.63, 3.8) is 0 Å². The number of rotatable bonds is 5. The van der Waals surface area contributed by atoms with Crippen LogP contribution in [0.25, 0.3) is 5.57 Å². The highest BCUT2D eigenvalue weighted by molar-refractivity contribution is 5.95. The van der Waals surface area contributed by atoms with E-state index in [1.165, 1.54) is 27.8 Å². The number of carbonyl (C=O) groups is 1. The second-order valence-electron chi connectivity index (χ2n) is 8.36. The lowest BCUT2D eigenvalue weighted by Gasteiger charge is -2.32. The van der Waals surface area contributed by atoms with Crippen molar-refractivity contribution in [2.45, 2.75) is 59.3 Å². The second-order valence-corrected chi connectivity index (χ2v) is 8.36. The van der Waals surface area contributed by atoms with Crippen molar-refractivity contribution in [3.8, 4) is 6.07 Å². The normalized spacial score (nSPS) is 14.3. The third-order valence-corrected chi connectivity index (χ3v) is 6.31. The van der Waals surface area contributed by atoms with Gasteiger partial charge in [-0.25, -0.2) is 0 Å². The Balaban J connectivity index is 1.74. The number of carbonyl (C=O) groups excluding carboxylic acids is 1. The van der Waals surface area contributed by atoms with Crippen molar-refractivity contribution in [2.24, 2.45) is 0 Å². The van der Waals surface area contributed by atoms with Crippen LogP contribution in [-0.4, -0.2) is 23.9 Å². The molecule has 1 aliphatic rings. The summed E-state index contributed by atoms with van der Waals surface area (Å²) in [5.41, 5.74) is 7.97. The number of aryl methyl sites for hydroxylation is 1. The van der Waals surface area contributed by atoms with Crippen LogP contribution in [-0.2, 0) is 6.42 Å². The summed E-state index contributed by atoms with van der Waals surface area (Å²) in [5.74, 6) is 0.596. The number of benzene rings is 2. The molecule has 156 valence electrons. The maximum atomic E-state index is 13.2. The van der Waals surface area contributed by atoms with Gasteiger partial charge in [-0.05, 0) is 92.0 Å². The Bertz CT molecular complexity index is 967. The van der Waals surface area contributed by atoms with Gasteiger partial charge in [0.2, 0.25) is 0 Å². The number of allylic oxidation sites excluding steroid dienone is 2. The van der Waals surface area contributed by atoms with Crippen molar-refractivity contribution in [2.75, 3.05) is 13.1 Å². The molecule has 0 aliphatic carbocycles. The zero-order valence-electron chi connectivity index (χ0n) is 18.7. The lowest BCUT2D eigenvalue weighted by molar-refractivity contribution is 0.0713. The van der Waals surface area contributed by atoms with Crippen LogP contribution in [0.5, 0.6) is 0 Å². The van der Waals surface area contributed by atoms with Crippen LogP contribution in [0.2, 0.25) is 0 Å². The monoisotopic (exact) mass is 400 g/mol. The quantitative estimate of drug-likeness (QED) is 0.587. The Morgan fingerprint density at radius 2 is 1.73 bits per heavy atom. The molecule has 0 aromatic heterocycles. The van der Waals surface area contributed by atoms with E-state index in [0.717, 1.165) is 44.3 Å². The van der Waals surface area contributed by atoms with Crippen molar-refractivity contribution < 1.29 is 4.79 Å². The minimum Gasteiger partial charge on any atom is -0.339 e. The number of likely N-dealkylation sites (tertiary alicyclic amines) is 1. The van der Waals surface area contributed by atoms with Gasteiger partial charge in [0.1, 0.15) is 0 Å². The Labute approximate surface area is 181 Å². The Morgan fingerprint density at radius 3 is 2.27 bits per heavy atom. The van der Waals surface area contributed by atoms with E-state index in [1.54, 1.807) is 0 Å². The van der Waals surface area contributed by atoms with E-state index in [2.05, 4.69) is 58.0 Å². The molecule has 0 saturated carbocycles. The molecule has 1 heterocycles. The van der Waals surface area contributed by atoms with Gasteiger partial charge in [-0.3, -0.25) is 4.79 Å². The summed E-state index contributed by atoms with van der Waals surface area (Å²) in [4.78, 5) is 15.2. The Kier molecular flexibility index (Phi) is 7.11. The highest BCUT2D eigenvalue weighted by Gasteiger charge is 2.25. The van der Waals surface area contributed by atoms with Gasteiger partial charge >= 0.3 is 0 Å². The van der Waals surface area contributed by atoms with Gasteiger partial charge in [0.05, 0.1) is 11.6 Å². The summed E-state index contributed by atoms with van der Waals surface area (Å²) in [5, 5.41) is 8.98. The minimum absolute atomic E-state index is 0.140. The molecule has 2 aromatic carbocycles. The summed E-state index contributed by atoms with van der Waals surface area (Å²) >= 11 is 0. The fourth-order valence-electron chi connectivity index (χ4n) is 4.54. The average Bonchev–Trinajstić information content (AvgIpc) is 2.79. The van der Waals surface area contributed by atoms with E-state index in [9.17, 15) is 4.79 Å². The van der Waals surface area contributed by atoms with Crippen LogP contribution in [0.3, 0.4) is 0 Å². The van der Waals surface area contributed by atoms with Crippen molar-refractivity contribution in [3.05, 3.63) is 75.9 Å². The summed E-state index contributed by atoms with van der Waals surface area (Å²) in [6.45, 7) is 10.2. The molecule has 1 fully saturated rings. The predicted molar refractivity (Wildman–Crippen MR) is 123 cm³/mol. The average molecular weight is 401 g/mol. The first kappa shape index (κ1) is 21.8. The van der Waals surface area contributed by atoms with E-state index in [4.69, 9.17) is 5.26 Å². The lowest BCUT2D eigenvalue weighted by Crippen LogP contribution is -2.38. The van der Waals surface area contributed by atoms with Gasteiger partial charge in [0, 0.05) is 18.7 Å². The molecular weight excluding hydrogens is 368 g/mol. The van der Waals surface area contributed by atoms with Gasteiger partial charge in [-0.1, -0.05) is 37.6 Å². The number of hydrogen-bond donors (Lipinski definition) is 0.